The van der Waals surface area contributed by atoms with E-state index in [4.69, 9.17) is 0 Å². The van der Waals surface area contributed by atoms with Crippen LogP contribution in [0.1, 0.15) is 24.2 Å². The molecule has 0 aliphatic rings. The quantitative estimate of drug-likeness (QED) is 0.728. The van der Waals surface area contributed by atoms with Gasteiger partial charge in [0.15, 0.2) is 9.84 Å². The Kier molecular flexibility index (Phi) is 7.24. The molecule has 2 rings (SSSR count). The van der Waals surface area contributed by atoms with E-state index in [1.165, 1.54) is 0 Å². The fraction of sp³-hybridized carbons (Fsp3) is 0.350. The van der Waals surface area contributed by atoms with Gasteiger partial charge in [-0.25, -0.2) is 13.2 Å². The van der Waals surface area contributed by atoms with Crippen molar-refractivity contribution in [3.05, 3.63) is 60.2 Å². The lowest BCUT2D eigenvalue weighted by Gasteiger charge is -2.20. The Labute approximate surface area is 161 Å². The number of hydrogen-bond acceptors (Lipinski definition) is 4. The van der Waals surface area contributed by atoms with Crippen LogP contribution in [0.15, 0.2) is 59.5 Å². The Balaban J connectivity index is 2.32. The van der Waals surface area contributed by atoms with Crippen molar-refractivity contribution in [1.82, 2.24) is 10.6 Å². The standard InChI is InChI=1S/C20H27N3O3S/c1-4-14-21-20(24)22-15-19(16-10-12-17(13-11-16)23(2)3)27(25,26)18-8-6-5-7-9-18/h5-13,19H,4,14-15H2,1-3H3,(H2,21,22,24)/t19-/m1/s1. The molecule has 7 heteroatoms. The van der Waals surface area contributed by atoms with Crippen molar-refractivity contribution in [1.29, 1.82) is 0 Å². The third-order valence-electron chi connectivity index (χ3n) is 4.21. The van der Waals surface area contributed by atoms with Crippen LogP contribution in [0.4, 0.5) is 10.5 Å². The van der Waals surface area contributed by atoms with Crippen molar-refractivity contribution in [2.75, 3.05) is 32.1 Å². The Morgan fingerprint density at radius 1 is 1.00 bits per heavy atom. The summed E-state index contributed by atoms with van der Waals surface area (Å²) in [6.07, 6.45) is 0.811. The minimum absolute atomic E-state index is 0.00587. The number of urea groups is 1. The van der Waals surface area contributed by atoms with Crippen LogP contribution in [-0.4, -0.2) is 41.6 Å². The largest absolute Gasteiger partial charge is 0.378 e. The van der Waals surface area contributed by atoms with Crippen LogP contribution in [0, 0.1) is 0 Å². The second kappa shape index (κ2) is 9.41. The van der Waals surface area contributed by atoms with Crippen LogP contribution in [0.2, 0.25) is 0 Å². The fourth-order valence-electron chi connectivity index (χ4n) is 2.65. The number of hydrogen-bond donors (Lipinski definition) is 2. The number of amides is 2. The summed E-state index contributed by atoms with van der Waals surface area (Å²) in [7, 11) is 0.187. The monoisotopic (exact) mass is 389 g/mol. The third kappa shape index (κ3) is 5.47. The van der Waals surface area contributed by atoms with Gasteiger partial charge in [0.05, 0.1) is 4.90 Å². The average molecular weight is 390 g/mol. The smallest absolute Gasteiger partial charge is 0.314 e. The molecule has 6 nitrogen and oxygen atoms in total. The molecule has 2 aromatic rings. The van der Waals surface area contributed by atoms with E-state index in [1.807, 2.05) is 38.1 Å². The summed E-state index contributed by atoms with van der Waals surface area (Å²) in [4.78, 5) is 14.1. The average Bonchev–Trinajstić information content (AvgIpc) is 2.67. The molecule has 146 valence electrons. The molecule has 0 spiro atoms. The zero-order chi connectivity index (χ0) is 19.9. The second-order valence-corrected chi connectivity index (χ2v) is 8.60. The molecular formula is C20H27N3O3S. The van der Waals surface area contributed by atoms with Gasteiger partial charge in [0.2, 0.25) is 0 Å². The maximum atomic E-state index is 13.2. The number of anilines is 1. The zero-order valence-electron chi connectivity index (χ0n) is 16.0. The van der Waals surface area contributed by atoms with Gasteiger partial charge in [-0.3, -0.25) is 0 Å². The Bertz CT molecular complexity index is 835. The van der Waals surface area contributed by atoms with Crippen LogP contribution in [0.5, 0.6) is 0 Å². The molecule has 0 unspecified atom stereocenters. The number of nitrogens with zero attached hydrogens (tertiary/aromatic N) is 1. The Morgan fingerprint density at radius 3 is 2.19 bits per heavy atom. The molecule has 2 aromatic carbocycles. The number of rotatable bonds is 8. The van der Waals surface area contributed by atoms with E-state index >= 15 is 0 Å². The van der Waals surface area contributed by atoms with Gasteiger partial charge < -0.3 is 15.5 Å². The number of sulfone groups is 1. The van der Waals surface area contributed by atoms with Gasteiger partial charge >= 0.3 is 6.03 Å². The topological polar surface area (TPSA) is 78.5 Å². The molecule has 0 saturated heterocycles. The Morgan fingerprint density at radius 2 is 1.63 bits per heavy atom. The highest BCUT2D eigenvalue weighted by atomic mass is 32.2. The normalized spacial score (nSPS) is 12.3. The van der Waals surface area contributed by atoms with Crippen LogP contribution < -0.4 is 15.5 Å². The van der Waals surface area contributed by atoms with Gasteiger partial charge in [-0.05, 0) is 36.2 Å². The highest BCUT2D eigenvalue weighted by Gasteiger charge is 2.29. The molecule has 27 heavy (non-hydrogen) atoms. The highest BCUT2D eigenvalue weighted by Crippen LogP contribution is 2.29. The first kappa shape index (κ1) is 20.8. The first-order valence-electron chi connectivity index (χ1n) is 8.94. The second-order valence-electron chi connectivity index (χ2n) is 6.47. The van der Waals surface area contributed by atoms with E-state index in [0.29, 0.717) is 12.1 Å². The summed E-state index contributed by atoms with van der Waals surface area (Å²) in [6.45, 7) is 2.49. The molecule has 0 aliphatic heterocycles. The lowest BCUT2D eigenvalue weighted by atomic mass is 10.1. The summed E-state index contributed by atoms with van der Waals surface area (Å²) in [5.74, 6) is 0. The lowest BCUT2D eigenvalue weighted by molar-refractivity contribution is 0.241. The number of carbonyl (C=O) groups excluding carboxylic acids is 1. The molecule has 0 aromatic heterocycles. The van der Waals surface area contributed by atoms with Crippen molar-refractivity contribution in [2.45, 2.75) is 23.5 Å². The molecule has 0 bridgehead atoms. The molecule has 0 heterocycles. The fourth-order valence-corrected chi connectivity index (χ4v) is 4.34. The lowest BCUT2D eigenvalue weighted by Crippen LogP contribution is -2.39. The zero-order valence-corrected chi connectivity index (χ0v) is 16.8. The molecule has 2 N–H and O–H groups in total. The van der Waals surface area contributed by atoms with Crippen molar-refractivity contribution in [3.63, 3.8) is 0 Å². The van der Waals surface area contributed by atoms with E-state index in [0.717, 1.165) is 12.1 Å². The SMILES string of the molecule is CCCNC(=O)NC[C@H](c1ccc(N(C)C)cc1)S(=O)(=O)c1ccccc1. The molecule has 1 atom stereocenters. The summed E-state index contributed by atoms with van der Waals surface area (Å²) in [5, 5.41) is 4.52. The predicted molar refractivity (Wildman–Crippen MR) is 109 cm³/mol. The van der Waals surface area contributed by atoms with Gasteiger partial charge in [0, 0.05) is 32.9 Å². The summed E-state index contributed by atoms with van der Waals surface area (Å²) in [5.41, 5.74) is 1.61. The van der Waals surface area contributed by atoms with Gasteiger partial charge in [-0.1, -0.05) is 37.3 Å². The number of benzene rings is 2. The summed E-state index contributed by atoms with van der Waals surface area (Å²) in [6, 6.07) is 15.3. The van der Waals surface area contributed by atoms with Crippen LogP contribution >= 0.6 is 0 Å². The van der Waals surface area contributed by atoms with Gasteiger partial charge in [-0.15, -0.1) is 0 Å². The van der Waals surface area contributed by atoms with Gasteiger partial charge in [0.1, 0.15) is 5.25 Å². The molecular weight excluding hydrogens is 362 g/mol. The van der Waals surface area contributed by atoms with Crippen molar-refractivity contribution < 1.29 is 13.2 Å². The molecule has 0 saturated carbocycles. The Hall–Kier alpha value is -2.54. The number of carbonyl (C=O) groups is 1. The molecule has 0 fully saturated rings. The van der Waals surface area contributed by atoms with Crippen LogP contribution in [-0.2, 0) is 9.84 Å². The van der Waals surface area contributed by atoms with Gasteiger partial charge in [-0.2, -0.15) is 0 Å². The maximum absolute atomic E-state index is 13.2. The van der Waals surface area contributed by atoms with Crippen LogP contribution in [0.3, 0.4) is 0 Å². The van der Waals surface area contributed by atoms with Crippen LogP contribution in [0.25, 0.3) is 0 Å². The first-order chi connectivity index (χ1) is 12.9. The third-order valence-corrected chi connectivity index (χ3v) is 6.33. The first-order valence-corrected chi connectivity index (χ1v) is 10.5. The van der Waals surface area contributed by atoms with E-state index < -0.39 is 15.1 Å². The molecule has 0 radical (unpaired) electrons. The minimum atomic E-state index is -3.66. The van der Waals surface area contributed by atoms with E-state index in [1.54, 1.807) is 42.5 Å². The molecule has 0 aliphatic carbocycles. The summed E-state index contributed by atoms with van der Waals surface area (Å²) < 4.78 is 26.4. The van der Waals surface area contributed by atoms with E-state index in [2.05, 4.69) is 10.6 Å². The minimum Gasteiger partial charge on any atom is -0.378 e. The van der Waals surface area contributed by atoms with E-state index in [-0.39, 0.29) is 17.5 Å². The number of nitrogens with one attached hydrogen (secondary N) is 2. The van der Waals surface area contributed by atoms with Crippen molar-refractivity contribution >= 4 is 21.6 Å². The van der Waals surface area contributed by atoms with Gasteiger partial charge in [0.25, 0.3) is 0 Å². The maximum Gasteiger partial charge on any atom is 0.314 e. The molecule has 2 amide bonds. The van der Waals surface area contributed by atoms with Crippen molar-refractivity contribution in [3.8, 4) is 0 Å². The summed E-state index contributed by atoms with van der Waals surface area (Å²) >= 11 is 0. The predicted octanol–water partition coefficient (Wildman–Crippen LogP) is 2.98. The van der Waals surface area contributed by atoms with E-state index in [9.17, 15) is 13.2 Å². The van der Waals surface area contributed by atoms with Crippen molar-refractivity contribution in [2.24, 2.45) is 0 Å². The highest BCUT2D eigenvalue weighted by molar-refractivity contribution is 7.91.